The van der Waals surface area contributed by atoms with Gasteiger partial charge in [-0.1, -0.05) is 0 Å². The molecule has 1 N–H and O–H groups in total. The second-order valence-corrected chi connectivity index (χ2v) is 5.24. The van der Waals surface area contributed by atoms with Crippen LogP contribution in [0.2, 0.25) is 0 Å². The number of rotatable bonds is 4. The molecule has 0 atom stereocenters. The lowest BCUT2D eigenvalue weighted by Gasteiger charge is -2.34. The van der Waals surface area contributed by atoms with Crippen LogP contribution in [0.25, 0.3) is 6.08 Å². The van der Waals surface area contributed by atoms with Crippen LogP contribution in [-0.4, -0.2) is 58.2 Å². The highest BCUT2D eigenvalue weighted by Crippen LogP contribution is 2.27. The quantitative estimate of drug-likeness (QED) is 0.821. The first kappa shape index (κ1) is 13.1. The molecule has 6 heteroatoms. The Balaban J connectivity index is 1.58. The molecule has 0 aromatic carbocycles. The van der Waals surface area contributed by atoms with Crippen molar-refractivity contribution in [2.24, 2.45) is 0 Å². The highest BCUT2D eigenvalue weighted by Gasteiger charge is 2.31. The average Bonchev–Trinajstić information content (AvgIpc) is 3.31. The Labute approximate surface area is 117 Å². The molecule has 1 saturated heterocycles. The van der Waals surface area contributed by atoms with Crippen molar-refractivity contribution >= 4 is 18.0 Å². The number of hydrogen-bond acceptors (Lipinski definition) is 5. The highest BCUT2D eigenvalue weighted by atomic mass is 16.4. The van der Waals surface area contributed by atoms with Crippen molar-refractivity contribution in [3.05, 3.63) is 24.0 Å². The molecule has 1 aromatic rings. The zero-order chi connectivity index (χ0) is 13.9. The van der Waals surface area contributed by atoms with E-state index in [1.165, 1.54) is 18.9 Å². The summed E-state index contributed by atoms with van der Waals surface area (Å²) in [6.45, 7) is 4.07. The predicted octanol–water partition coefficient (Wildman–Crippen LogP) is 0.859. The minimum absolute atomic E-state index is 0.702. The van der Waals surface area contributed by atoms with Crippen molar-refractivity contribution in [1.82, 2.24) is 14.9 Å². The zero-order valence-corrected chi connectivity index (χ0v) is 11.3. The number of carbonyl (C=O) groups is 1. The number of carboxylic acids is 1. The van der Waals surface area contributed by atoms with E-state index in [0.29, 0.717) is 5.56 Å². The molecular formula is C14H18N4O2. The van der Waals surface area contributed by atoms with Gasteiger partial charge in [0.2, 0.25) is 5.95 Å². The van der Waals surface area contributed by atoms with Gasteiger partial charge in [0.25, 0.3) is 0 Å². The molecule has 2 fully saturated rings. The fraction of sp³-hybridized carbons (Fsp3) is 0.500. The second kappa shape index (κ2) is 5.58. The second-order valence-electron chi connectivity index (χ2n) is 5.24. The number of aromatic nitrogens is 2. The fourth-order valence-corrected chi connectivity index (χ4v) is 2.47. The van der Waals surface area contributed by atoms with Crippen molar-refractivity contribution in [2.45, 2.75) is 18.9 Å². The van der Waals surface area contributed by atoms with Crippen LogP contribution in [0.5, 0.6) is 0 Å². The van der Waals surface area contributed by atoms with Crippen LogP contribution in [0.4, 0.5) is 5.95 Å². The van der Waals surface area contributed by atoms with Gasteiger partial charge >= 0.3 is 5.97 Å². The number of hydrogen-bond donors (Lipinski definition) is 1. The Morgan fingerprint density at radius 3 is 2.40 bits per heavy atom. The summed E-state index contributed by atoms with van der Waals surface area (Å²) in [5.41, 5.74) is 0.702. The summed E-state index contributed by atoms with van der Waals surface area (Å²) in [7, 11) is 0. The molecule has 0 bridgehead atoms. The standard InChI is InChI=1S/C14H18N4O2/c19-13(20)4-1-11-9-15-14(16-10-11)18-7-5-17(6-8-18)12-2-3-12/h1,4,9-10,12H,2-3,5-8H2,(H,19,20)/b4-1+. The van der Waals surface area contributed by atoms with Gasteiger partial charge in [0.05, 0.1) is 0 Å². The molecule has 1 aromatic heterocycles. The number of nitrogens with zero attached hydrogens (tertiary/aromatic N) is 4. The summed E-state index contributed by atoms with van der Waals surface area (Å²) in [6.07, 6.45) is 8.61. The van der Waals surface area contributed by atoms with Gasteiger partial charge in [0.15, 0.2) is 0 Å². The lowest BCUT2D eigenvalue weighted by atomic mass is 10.3. The summed E-state index contributed by atoms with van der Waals surface area (Å²) in [6, 6.07) is 0.821. The van der Waals surface area contributed by atoms with E-state index in [4.69, 9.17) is 5.11 Å². The predicted molar refractivity (Wildman–Crippen MR) is 75.5 cm³/mol. The Kier molecular flexibility index (Phi) is 3.64. The summed E-state index contributed by atoms with van der Waals surface area (Å²) in [5, 5.41) is 8.57. The van der Waals surface area contributed by atoms with Gasteiger partial charge in [0, 0.05) is 56.3 Å². The van der Waals surface area contributed by atoms with Gasteiger partial charge in [-0.2, -0.15) is 0 Å². The minimum atomic E-state index is -0.967. The summed E-state index contributed by atoms with van der Waals surface area (Å²) < 4.78 is 0. The minimum Gasteiger partial charge on any atom is -0.478 e. The van der Waals surface area contributed by atoms with Crippen molar-refractivity contribution in [3.8, 4) is 0 Å². The molecule has 2 aliphatic rings. The SMILES string of the molecule is O=C(O)/C=C/c1cnc(N2CCN(C3CC3)CC2)nc1. The molecule has 20 heavy (non-hydrogen) atoms. The summed E-state index contributed by atoms with van der Waals surface area (Å²) >= 11 is 0. The highest BCUT2D eigenvalue weighted by molar-refractivity contribution is 5.85. The number of carboxylic acid groups (broad SMARTS) is 1. The molecule has 0 unspecified atom stereocenters. The van der Waals surface area contributed by atoms with Crippen LogP contribution >= 0.6 is 0 Å². The van der Waals surface area contributed by atoms with E-state index in [0.717, 1.165) is 44.2 Å². The first-order chi connectivity index (χ1) is 9.72. The molecule has 1 saturated carbocycles. The van der Waals surface area contributed by atoms with E-state index in [1.807, 2.05) is 0 Å². The third-order valence-corrected chi connectivity index (χ3v) is 3.74. The number of aliphatic carboxylic acids is 1. The summed E-state index contributed by atoms with van der Waals surface area (Å²) in [4.78, 5) is 23.8. The maximum Gasteiger partial charge on any atom is 0.328 e. The largest absolute Gasteiger partial charge is 0.478 e. The molecule has 1 aliphatic carbocycles. The number of anilines is 1. The average molecular weight is 274 g/mol. The van der Waals surface area contributed by atoms with Crippen LogP contribution in [-0.2, 0) is 4.79 Å². The lowest BCUT2D eigenvalue weighted by molar-refractivity contribution is -0.131. The molecule has 1 aliphatic heterocycles. The normalized spacial score (nSPS) is 20.5. The lowest BCUT2D eigenvalue weighted by Crippen LogP contribution is -2.47. The molecule has 2 heterocycles. The Morgan fingerprint density at radius 2 is 1.85 bits per heavy atom. The molecule has 0 radical (unpaired) electrons. The van der Waals surface area contributed by atoms with Crippen molar-refractivity contribution in [2.75, 3.05) is 31.1 Å². The Morgan fingerprint density at radius 1 is 1.20 bits per heavy atom. The van der Waals surface area contributed by atoms with Crippen molar-refractivity contribution < 1.29 is 9.90 Å². The summed E-state index contributed by atoms with van der Waals surface area (Å²) in [5.74, 6) is -0.238. The van der Waals surface area contributed by atoms with Crippen LogP contribution in [0.3, 0.4) is 0 Å². The first-order valence-electron chi connectivity index (χ1n) is 6.94. The molecule has 6 nitrogen and oxygen atoms in total. The third-order valence-electron chi connectivity index (χ3n) is 3.74. The van der Waals surface area contributed by atoms with E-state index in [2.05, 4.69) is 19.8 Å². The van der Waals surface area contributed by atoms with Gasteiger partial charge < -0.3 is 10.0 Å². The van der Waals surface area contributed by atoms with Crippen LogP contribution in [0, 0.1) is 0 Å². The van der Waals surface area contributed by atoms with Gasteiger partial charge in [-0.25, -0.2) is 14.8 Å². The van der Waals surface area contributed by atoms with E-state index in [1.54, 1.807) is 12.4 Å². The molecule has 3 rings (SSSR count). The van der Waals surface area contributed by atoms with Crippen LogP contribution < -0.4 is 4.90 Å². The third kappa shape index (κ3) is 3.14. The fourth-order valence-electron chi connectivity index (χ4n) is 2.47. The first-order valence-corrected chi connectivity index (χ1v) is 6.94. The Bertz CT molecular complexity index is 502. The van der Waals surface area contributed by atoms with E-state index >= 15 is 0 Å². The monoisotopic (exact) mass is 274 g/mol. The molecular weight excluding hydrogens is 256 g/mol. The molecule has 106 valence electrons. The van der Waals surface area contributed by atoms with E-state index < -0.39 is 5.97 Å². The maximum absolute atomic E-state index is 10.4. The van der Waals surface area contributed by atoms with Gasteiger partial charge in [0.1, 0.15) is 0 Å². The van der Waals surface area contributed by atoms with Crippen LogP contribution in [0.15, 0.2) is 18.5 Å². The van der Waals surface area contributed by atoms with E-state index in [-0.39, 0.29) is 0 Å². The van der Waals surface area contributed by atoms with E-state index in [9.17, 15) is 4.79 Å². The molecule has 0 spiro atoms. The number of piperazine rings is 1. The zero-order valence-electron chi connectivity index (χ0n) is 11.3. The maximum atomic E-state index is 10.4. The van der Waals surface area contributed by atoms with Crippen LogP contribution in [0.1, 0.15) is 18.4 Å². The topological polar surface area (TPSA) is 69.6 Å². The van der Waals surface area contributed by atoms with Gasteiger partial charge in [-0.05, 0) is 18.9 Å². The van der Waals surface area contributed by atoms with Gasteiger partial charge in [-0.15, -0.1) is 0 Å². The smallest absolute Gasteiger partial charge is 0.328 e. The van der Waals surface area contributed by atoms with Crippen molar-refractivity contribution in [3.63, 3.8) is 0 Å². The Hall–Kier alpha value is -1.95. The van der Waals surface area contributed by atoms with Crippen molar-refractivity contribution in [1.29, 1.82) is 0 Å². The van der Waals surface area contributed by atoms with Gasteiger partial charge in [-0.3, -0.25) is 4.90 Å². The molecule has 0 amide bonds.